The monoisotopic (exact) mass is 662 g/mol. The number of thiazole rings is 1. The molecular weight excluding hydrogens is 632 g/mol. The molecule has 2 saturated carbocycles. The van der Waals surface area contributed by atoms with Crippen molar-refractivity contribution in [1.29, 1.82) is 0 Å². The number of benzene rings is 2. The van der Waals surface area contributed by atoms with Crippen LogP contribution in [0.3, 0.4) is 0 Å². The Balaban J connectivity index is 1.30. The molecule has 45 heavy (non-hydrogen) atoms. The molecule has 12 heteroatoms. The van der Waals surface area contributed by atoms with Gasteiger partial charge in [-0.05, 0) is 98.2 Å². The van der Waals surface area contributed by atoms with E-state index in [0.717, 1.165) is 48.2 Å². The molecule has 2 fully saturated rings. The van der Waals surface area contributed by atoms with E-state index >= 15 is 0 Å². The van der Waals surface area contributed by atoms with Gasteiger partial charge in [-0.15, -0.1) is 22.7 Å². The Morgan fingerprint density at radius 2 is 1.91 bits per heavy atom. The van der Waals surface area contributed by atoms with Gasteiger partial charge in [-0.1, -0.05) is 24.3 Å². The molecule has 0 amide bonds. The summed E-state index contributed by atoms with van der Waals surface area (Å²) in [6.45, 7) is 2.14. The van der Waals surface area contributed by atoms with Gasteiger partial charge in [0.2, 0.25) is 15.2 Å². The van der Waals surface area contributed by atoms with Crippen molar-refractivity contribution in [2.45, 2.75) is 62.2 Å². The molecule has 2 aromatic carbocycles. The molecule has 0 radical (unpaired) electrons. The zero-order chi connectivity index (χ0) is 31.5. The average Bonchev–Trinajstić information content (AvgIpc) is 3.31. The Kier molecular flexibility index (Phi) is 7.71. The van der Waals surface area contributed by atoms with Crippen molar-refractivity contribution in [2.24, 2.45) is 11.1 Å². The Morgan fingerprint density at radius 1 is 1.11 bits per heavy atom. The predicted octanol–water partition coefficient (Wildman–Crippen LogP) is 7.05. The molecule has 5 aromatic rings. The first-order chi connectivity index (χ1) is 21.5. The second-order valence-electron chi connectivity index (χ2n) is 12.1. The van der Waals surface area contributed by atoms with E-state index in [2.05, 4.69) is 36.2 Å². The van der Waals surface area contributed by atoms with Crippen molar-refractivity contribution in [3.63, 3.8) is 0 Å². The molecule has 3 aromatic heterocycles. The van der Waals surface area contributed by atoms with Crippen molar-refractivity contribution >= 4 is 38.7 Å². The number of primary sulfonamides is 1. The zero-order valence-corrected chi connectivity index (χ0v) is 26.9. The van der Waals surface area contributed by atoms with Crippen LogP contribution in [0.5, 0.6) is 0 Å². The number of nitrogens with two attached hydrogens (primary N) is 1. The molecule has 8 nitrogen and oxygen atoms in total. The zero-order valence-electron chi connectivity index (χ0n) is 24.4. The third-order valence-electron chi connectivity index (χ3n) is 8.78. The Labute approximate surface area is 268 Å². The molecule has 7 rings (SSSR count). The van der Waals surface area contributed by atoms with Gasteiger partial charge in [-0.3, -0.25) is 0 Å². The van der Waals surface area contributed by atoms with Crippen LogP contribution in [0.2, 0.25) is 0 Å². The number of carboxylic acid groups (broad SMARTS) is 1. The van der Waals surface area contributed by atoms with Gasteiger partial charge in [-0.25, -0.2) is 32.4 Å². The van der Waals surface area contributed by atoms with E-state index in [1.165, 1.54) is 44.2 Å². The van der Waals surface area contributed by atoms with Crippen LogP contribution in [0.4, 0.5) is 4.39 Å². The van der Waals surface area contributed by atoms with Gasteiger partial charge in [-0.2, -0.15) is 5.10 Å². The van der Waals surface area contributed by atoms with Crippen molar-refractivity contribution < 1.29 is 22.7 Å². The minimum Gasteiger partial charge on any atom is -0.476 e. The standard InChI is InChI=1S/C33H31FN4O4S3/c1-18-5-9-29(44-18)24-15-23(16-24)21-3-2-4-22(14-21)31-25(11-20-8-10-30(26(34)12-20)45(35,41)42)28(13-19-6-7-19)38(37-31)33-36-27(17-43-33)32(39)40/h2-5,8-10,12,14,17,19,23-24H,6-7,11,13,15-16H2,1H3,(H,39,40)(H2,35,41,42)/t23-,24-. The van der Waals surface area contributed by atoms with Crippen molar-refractivity contribution in [3.05, 3.63) is 104 Å². The fourth-order valence-electron chi connectivity index (χ4n) is 6.15. The Morgan fingerprint density at radius 3 is 2.56 bits per heavy atom. The molecule has 0 saturated heterocycles. The fourth-order valence-corrected chi connectivity index (χ4v) is 8.51. The number of sulfonamides is 1. The van der Waals surface area contributed by atoms with E-state index in [1.807, 2.05) is 23.5 Å². The number of aromatic nitrogens is 3. The predicted molar refractivity (Wildman–Crippen MR) is 172 cm³/mol. The highest BCUT2D eigenvalue weighted by molar-refractivity contribution is 7.89. The van der Waals surface area contributed by atoms with Gasteiger partial charge in [0.1, 0.15) is 10.7 Å². The number of nitrogens with zero attached hydrogens (tertiary/aromatic N) is 3. The van der Waals surface area contributed by atoms with E-state index in [0.29, 0.717) is 41.3 Å². The molecule has 3 heterocycles. The third-order valence-corrected chi connectivity index (χ3v) is 11.7. The van der Waals surface area contributed by atoms with Gasteiger partial charge in [0.25, 0.3) is 0 Å². The van der Waals surface area contributed by atoms with Crippen molar-refractivity contribution in [1.82, 2.24) is 14.8 Å². The second-order valence-corrected chi connectivity index (χ2v) is 15.8. The molecule has 2 aliphatic carbocycles. The normalized spacial score (nSPS) is 18.2. The van der Waals surface area contributed by atoms with Crippen LogP contribution in [0.25, 0.3) is 16.4 Å². The first-order valence-corrected chi connectivity index (χ1v) is 18.1. The number of thiophene rings is 1. The van der Waals surface area contributed by atoms with E-state index in [4.69, 9.17) is 10.2 Å². The first kappa shape index (κ1) is 30.0. The summed E-state index contributed by atoms with van der Waals surface area (Å²) in [4.78, 5) is 18.2. The third kappa shape index (κ3) is 6.11. The summed E-state index contributed by atoms with van der Waals surface area (Å²) in [6.07, 6.45) is 5.35. The summed E-state index contributed by atoms with van der Waals surface area (Å²) in [7, 11) is -4.20. The summed E-state index contributed by atoms with van der Waals surface area (Å²) in [5, 5.41) is 21.8. The Bertz CT molecular complexity index is 2040. The molecule has 232 valence electrons. The van der Waals surface area contributed by atoms with Crippen molar-refractivity contribution in [2.75, 3.05) is 0 Å². The molecule has 0 unspecified atom stereocenters. The average molecular weight is 663 g/mol. The van der Waals surface area contributed by atoms with Gasteiger partial charge < -0.3 is 5.11 Å². The van der Waals surface area contributed by atoms with Crippen LogP contribution >= 0.6 is 22.7 Å². The summed E-state index contributed by atoms with van der Waals surface area (Å²) in [5.41, 5.74) is 5.20. The second kappa shape index (κ2) is 11.6. The number of halogens is 1. The van der Waals surface area contributed by atoms with E-state index in [1.54, 1.807) is 10.7 Å². The molecule has 2 aliphatic rings. The van der Waals surface area contributed by atoms with Crippen LogP contribution in [-0.2, 0) is 22.9 Å². The van der Waals surface area contributed by atoms with Gasteiger partial charge in [0, 0.05) is 32.7 Å². The summed E-state index contributed by atoms with van der Waals surface area (Å²) in [6, 6.07) is 16.8. The first-order valence-electron chi connectivity index (χ1n) is 14.8. The SMILES string of the molecule is Cc1ccc([C@H]2C[C@H](c3cccc(-c4nn(-c5nc(C(=O)O)cs5)c(CC5CC5)c4Cc4ccc(S(N)(=O)=O)c(F)c4)c3)C2)s1. The van der Waals surface area contributed by atoms with Crippen LogP contribution in [-0.4, -0.2) is 34.3 Å². The molecular formula is C33H31FN4O4S3. The summed E-state index contributed by atoms with van der Waals surface area (Å²) in [5.74, 6) is -0.539. The summed E-state index contributed by atoms with van der Waals surface area (Å²) < 4.78 is 40.4. The molecule has 0 bridgehead atoms. The number of hydrogen-bond donors (Lipinski definition) is 2. The number of aromatic carboxylic acids is 1. The van der Waals surface area contributed by atoms with Crippen LogP contribution in [0.1, 0.15) is 80.1 Å². The van der Waals surface area contributed by atoms with Crippen LogP contribution in [0, 0.1) is 18.7 Å². The fraction of sp³-hybridized carbons (Fsp3) is 0.303. The number of carbonyl (C=O) groups is 1. The largest absolute Gasteiger partial charge is 0.476 e. The number of aryl methyl sites for hydroxylation is 1. The smallest absolute Gasteiger partial charge is 0.355 e. The molecule has 0 spiro atoms. The quantitative estimate of drug-likeness (QED) is 0.165. The minimum atomic E-state index is -4.20. The maximum Gasteiger partial charge on any atom is 0.355 e. The molecule has 0 atom stereocenters. The minimum absolute atomic E-state index is 0.0471. The van der Waals surface area contributed by atoms with Gasteiger partial charge in [0.05, 0.1) is 11.4 Å². The highest BCUT2D eigenvalue weighted by atomic mass is 32.2. The van der Waals surface area contributed by atoms with E-state index < -0.39 is 26.7 Å². The van der Waals surface area contributed by atoms with Crippen molar-refractivity contribution in [3.8, 4) is 16.4 Å². The van der Waals surface area contributed by atoms with Gasteiger partial charge in [0.15, 0.2) is 5.69 Å². The lowest BCUT2D eigenvalue weighted by Crippen LogP contribution is -2.19. The lowest BCUT2D eigenvalue weighted by atomic mass is 9.70. The van der Waals surface area contributed by atoms with Gasteiger partial charge >= 0.3 is 5.97 Å². The lowest BCUT2D eigenvalue weighted by Gasteiger charge is -2.35. The number of hydrogen-bond acceptors (Lipinski definition) is 7. The number of carboxylic acids is 1. The number of rotatable bonds is 10. The van der Waals surface area contributed by atoms with E-state index in [9.17, 15) is 22.7 Å². The van der Waals surface area contributed by atoms with E-state index in [-0.39, 0.29) is 5.69 Å². The Hall–Kier alpha value is -3.71. The van der Waals surface area contributed by atoms with Crippen LogP contribution in [0.15, 0.2) is 64.9 Å². The highest BCUT2D eigenvalue weighted by Gasteiger charge is 2.33. The maximum atomic E-state index is 14.9. The maximum absolute atomic E-state index is 14.9. The summed E-state index contributed by atoms with van der Waals surface area (Å²) >= 11 is 3.08. The highest BCUT2D eigenvalue weighted by Crippen LogP contribution is 2.49. The molecule has 0 aliphatic heterocycles. The lowest BCUT2D eigenvalue weighted by molar-refractivity contribution is 0.0691. The molecule has 3 N–H and O–H groups in total. The van der Waals surface area contributed by atoms with Crippen LogP contribution < -0.4 is 5.14 Å². The topological polar surface area (TPSA) is 128 Å².